The average Bonchev–Trinajstić information content (AvgIpc) is 3.48. The van der Waals surface area contributed by atoms with E-state index in [2.05, 4.69) is 62.2 Å². The van der Waals surface area contributed by atoms with Crippen molar-refractivity contribution in [3.63, 3.8) is 0 Å². The summed E-state index contributed by atoms with van der Waals surface area (Å²) in [6.45, 7) is 14.7. The zero-order valence-electron chi connectivity index (χ0n) is 32.0. The van der Waals surface area contributed by atoms with Crippen molar-refractivity contribution in [2.75, 3.05) is 0 Å². The molecule has 6 rings (SSSR count). The van der Waals surface area contributed by atoms with Crippen LogP contribution in [0.2, 0.25) is 0 Å². The number of ketones is 1. The quantitative estimate of drug-likeness (QED) is 0.0644. The molecule has 0 aliphatic rings. The van der Waals surface area contributed by atoms with E-state index in [1.165, 1.54) is 11.6 Å². The molecule has 0 aliphatic carbocycles. The second-order valence-corrected chi connectivity index (χ2v) is 17.1. The normalized spacial score (nSPS) is 12.3. The second-order valence-electron chi connectivity index (χ2n) is 14.9. The Kier molecular flexibility index (Phi) is 14.7. The molecule has 3 nitrogen and oxygen atoms in total. The molecule has 0 aliphatic heterocycles. The Morgan fingerprint density at radius 1 is 0.833 bits per heavy atom. The van der Waals surface area contributed by atoms with Crippen LogP contribution in [0.5, 0.6) is 0 Å². The molecule has 8 heteroatoms. The molecule has 287 valence electrons. The molecule has 6 aromatic rings. The number of pyridine rings is 1. The van der Waals surface area contributed by atoms with E-state index in [9.17, 15) is 23.1 Å². The number of halogens is 3. The Morgan fingerprint density at radius 3 is 1.94 bits per heavy atom. The first-order valence-electron chi connectivity index (χ1n) is 18.5. The van der Waals surface area contributed by atoms with Crippen molar-refractivity contribution < 1.29 is 43.2 Å². The average molecular weight is 976 g/mol. The predicted molar refractivity (Wildman–Crippen MR) is 215 cm³/mol. The van der Waals surface area contributed by atoms with Crippen LogP contribution in [0.25, 0.3) is 52.4 Å². The monoisotopic (exact) mass is 977 g/mol. The number of alkyl halides is 3. The number of rotatable bonds is 10. The molecule has 0 saturated heterocycles. The van der Waals surface area contributed by atoms with Gasteiger partial charge in [-0.2, -0.15) is 0 Å². The van der Waals surface area contributed by atoms with Gasteiger partial charge in [0, 0.05) is 38.0 Å². The number of hydrogen-bond donors (Lipinski definition) is 1. The van der Waals surface area contributed by atoms with E-state index in [1.54, 1.807) is 0 Å². The first kappa shape index (κ1) is 43.2. The van der Waals surface area contributed by atoms with Gasteiger partial charge in [-0.3, -0.25) is 4.79 Å². The molecular formula is C46H49F3IrNO2Se-. The third kappa shape index (κ3) is 10.2. The molecule has 4 aromatic carbocycles. The molecule has 0 fully saturated rings. The van der Waals surface area contributed by atoms with Gasteiger partial charge in [-0.15, -0.1) is 0 Å². The zero-order chi connectivity index (χ0) is 38.5. The van der Waals surface area contributed by atoms with Crippen molar-refractivity contribution in [2.45, 2.75) is 86.7 Å². The van der Waals surface area contributed by atoms with Crippen molar-refractivity contribution >= 4 is 50.5 Å². The SMILES string of the molecule is CC(C)(C)Cc1ccc(-c2ccc(-c3c(C(F)(F)F)cnc4c3[se]c3cc5ccccc5[c-]c34)cc2)cc1.CCC(CC)C(=O)/C=C(\O)C(CC)CC.[Ir]. The number of carbonyl (C=O) groups excluding carboxylic acids is 1. The van der Waals surface area contributed by atoms with Crippen LogP contribution in [0.4, 0.5) is 13.2 Å². The van der Waals surface area contributed by atoms with E-state index in [0.29, 0.717) is 15.3 Å². The van der Waals surface area contributed by atoms with Crippen molar-refractivity contribution in [3.05, 3.63) is 114 Å². The number of nitrogens with zero attached hydrogens (tertiary/aromatic N) is 1. The standard InChI is InChI=1S/C33H25F3NSe.C13H24O2.Ir/c1-32(2,3)18-20-8-10-21(11-9-20)22-12-14-23(15-13-22)29-27(33(34,35)36)19-37-30-26-16-24-6-4-5-7-25(24)17-28(26)38-31(29)30;1-5-10(6-2)12(14)9-13(15)11(7-3)8-4;/h4-15,17,19H,18H2,1-3H3;9-11,14H,5-8H2,1-4H3;/q-1;;/b;12-9-;. The van der Waals surface area contributed by atoms with Gasteiger partial charge in [0.05, 0.1) is 5.76 Å². The third-order valence-corrected chi connectivity index (χ3v) is 12.2. The van der Waals surface area contributed by atoms with Crippen molar-refractivity contribution in [1.82, 2.24) is 4.98 Å². The Balaban J connectivity index is 0.000000347. The number of hydrogen-bond acceptors (Lipinski definition) is 3. The molecule has 0 amide bonds. The van der Waals surface area contributed by atoms with Gasteiger partial charge in [-0.1, -0.05) is 48.5 Å². The minimum Gasteiger partial charge on any atom is -0.512 e. The molecule has 54 heavy (non-hydrogen) atoms. The van der Waals surface area contributed by atoms with Crippen LogP contribution in [0.15, 0.2) is 96.9 Å². The molecule has 0 saturated carbocycles. The molecule has 0 bridgehead atoms. The summed E-state index contributed by atoms with van der Waals surface area (Å²) in [5, 5.41) is 12.6. The summed E-state index contributed by atoms with van der Waals surface area (Å²) in [6, 6.07) is 29.3. The summed E-state index contributed by atoms with van der Waals surface area (Å²) in [5.41, 5.74) is 4.22. The molecule has 0 spiro atoms. The number of benzene rings is 4. The summed E-state index contributed by atoms with van der Waals surface area (Å²) in [4.78, 5) is 16.0. The molecule has 0 atom stereocenters. The van der Waals surface area contributed by atoms with Gasteiger partial charge in [0.2, 0.25) is 0 Å². The summed E-state index contributed by atoms with van der Waals surface area (Å²) < 4.78 is 44.3. The predicted octanol–water partition coefficient (Wildman–Crippen LogP) is 13.2. The Bertz CT molecular complexity index is 2210. The van der Waals surface area contributed by atoms with Crippen LogP contribution < -0.4 is 0 Å². The summed E-state index contributed by atoms with van der Waals surface area (Å²) >= 11 is -0.309. The van der Waals surface area contributed by atoms with Gasteiger partial charge < -0.3 is 5.11 Å². The number of carbonyl (C=O) groups is 1. The topological polar surface area (TPSA) is 50.2 Å². The Morgan fingerprint density at radius 2 is 1.39 bits per heavy atom. The fraction of sp³-hybridized carbons (Fsp3) is 0.348. The van der Waals surface area contributed by atoms with E-state index < -0.39 is 11.7 Å². The number of aliphatic hydroxyl groups excluding tert-OH is 1. The van der Waals surface area contributed by atoms with Crippen LogP contribution in [0, 0.1) is 23.3 Å². The molecule has 2 heterocycles. The van der Waals surface area contributed by atoms with Crippen LogP contribution in [-0.2, 0) is 37.5 Å². The Hall–Kier alpha value is -3.54. The van der Waals surface area contributed by atoms with Gasteiger partial charge in [0.15, 0.2) is 5.78 Å². The van der Waals surface area contributed by atoms with Crippen molar-refractivity contribution in [3.8, 4) is 22.3 Å². The van der Waals surface area contributed by atoms with Gasteiger partial charge in [0.1, 0.15) is 0 Å². The summed E-state index contributed by atoms with van der Waals surface area (Å²) in [7, 11) is 0. The van der Waals surface area contributed by atoms with E-state index in [-0.39, 0.29) is 69.0 Å². The zero-order valence-corrected chi connectivity index (χ0v) is 36.1. The molecule has 1 radical (unpaired) electrons. The van der Waals surface area contributed by atoms with Crippen LogP contribution >= 0.6 is 0 Å². The number of aliphatic hydroxyl groups is 1. The van der Waals surface area contributed by atoms with Gasteiger partial charge in [0.25, 0.3) is 0 Å². The molecule has 2 aromatic heterocycles. The summed E-state index contributed by atoms with van der Waals surface area (Å²) in [5.74, 6) is 0.547. The van der Waals surface area contributed by atoms with E-state index in [1.807, 2.05) is 76.2 Å². The number of fused-ring (bicyclic) bond motifs is 4. The van der Waals surface area contributed by atoms with Crippen LogP contribution in [0.1, 0.15) is 85.3 Å². The smallest absolute Gasteiger partial charge is 0.162 e. The van der Waals surface area contributed by atoms with Crippen LogP contribution in [0.3, 0.4) is 0 Å². The molecular weight excluding hydrogens is 927 g/mol. The second kappa shape index (κ2) is 18.4. The van der Waals surface area contributed by atoms with E-state index in [0.717, 1.165) is 69.8 Å². The maximum Gasteiger partial charge on any atom is 0.162 e. The van der Waals surface area contributed by atoms with Gasteiger partial charge >= 0.3 is 205 Å². The van der Waals surface area contributed by atoms with E-state index in [4.69, 9.17) is 0 Å². The van der Waals surface area contributed by atoms with Crippen molar-refractivity contribution in [2.24, 2.45) is 17.3 Å². The van der Waals surface area contributed by atoms with Gasteiger partial charge in [-0.25, -0.2) is 0 Å². The maximum atomic E-state index is 14.2. The van der Waals surface area contributed by atoms with Crippen LogP contribution in [-0.4, -0.2) is 30.4 Å². The molecule has 0 unspecified atom stereocenters. The Labute approximate surface area is 337 Å². The minimum absolute atomic E-state index is 0. The van der Waals surface area contributed by atoms with Gasteiger partial charge in [-0.05, 0) is 25.7 Å². The number of aromatic nitrogens is 1. The van der Waals surface area contributed by atoms with E-state index >= 15 is 0 Å². The molecule has 1 N–H and O–H groups in total. The van der Waals surface area contributed by atoms with Crippen molar-refractivity contribution in [1.29, 1.82) is 0 Å². The maximum absolute atomic E-state index is 14.2. The first-order chi connectivity index (χ1) is 25.2. The minimum atomic E-state index is -4.50. The fourth-order valence-electron chi connectivity index (χ4n) is 6.82. The summed E-state index contributed by atoms with van der Waals surface area (Å²) in [6.07, 6.45) is 2.38. The first-order valence-corrected chi connectivity index (χ1v) is 20.3. The largest absolute Gasteiger partial charge is 0.512 e. The fourth-order valence-corrected chi connectivity index (χ4v) is 9.42. The number of allylic oxidation sites excluding steroid dienone is 2. The third-order valence-electron chi connectivity index (χ3n) is 9.82.